The van der Waals surface area contributed by atoms with Crippen molar-refractivity contribution in [3.63, 3.8) is 0 Å². The summed E-state index contributed by atoms with van der Waals surface area (Å²) in [5, 5.41) is 9.05. The first-order valence-corrected chi connectivity index (χ1v) is 7.16. The van der Waals surface area contributed by atoms with Gasteiger partial charge in [-0.05, 0) is 37.8 Å². The van der Waals surface area contributed by atoms with Crippen LogP contribution in [-0.2, 0) is 17.6 Å². The van der Waals surface area contributed by atoms with Crippen LogP contribution >= 0.6 is 0 Å². The summed E-state index contributed by atoms with van der Waals surface area (Å²) in [7, 11) is 1.68. The Morgan fingerprint density at radius 1 is 1.25 bits per heavy atom. The molecule has 1 aromatic rings. The lowest BCUT2D eigenvalue weighted by Crippen LogP contribution is -2.44. The second-order valence-electron chi connectivity index (χ2n) is 5.72. The molecule has 0 aromatic heterocycles. The van der Waals surface area contributed by atoms with Crippen LogP contribution in [0.4, 0.5) is 0 Å². The van der Waals surface area contributed by atoms with Gasteiger partial charge in [0.05, 0.1) is 12.5 Å². The molecule has 20 heavy (non-hydrogen) atoms. The summed E-state index contributed by atoms with van der Waals surface area (Å²) in [6, 6.07) is 10.3. The summed E-state index contributed by atoms with van der Waals surface area (Å²) in [5.41, 5.74) is 1.54. The highest BCUT2D eigenvalue weighted by atomic mass is 16.2. The molecule has 0 aliphatic heterocycles. The Bertz CT molecular complexity index is 483. The highest BCUT2D eigenvalue weighted by molar-refractivity contribution is 5.79. The van der Waals surface area contributed by atoms with Crippen LogP contribution in [-0.4, -0.2) is 23.4 Å². The minimum atomic E-state index is -0.766. The van der Waals surface area contributed by atoms with E-state index in [0.29, 0.717) is 6.42 Å². The molecular weight excluding hydrogens is 248 g/mol. The zero-order valence-corrected chi connectivity index (χ0v) is 12.9. The minimum Gasteiger partial charge on any atom is -0.327 e. The van der Waals surface area contributed by atoms with E-state index in [2.05, 4.69) is 25.1 Å². The van der Waals surface area contributed by atoms with Crippen molar-refractivity contribution in [3.8, 4) is 6.07 Å². The fourth-order valence-corrected chi connectivity index (χ4v) is 1.88. The number of unbranched alkanes of at least 4 members (excludes halogenated alkanes) is 1. The van der Waals surface area contributed by atoms with E-state index < -0.39 is 5.54 Å². The Hall–Kier alpha value is -1.82. The van der Waals surface area contributed by atoms with Crippen molar-refractivity contribution in [2.24, 2.45) is 0 Å². The second-order valence-corrected chi connectivity index (χ2v) is 5.72. The molecule has 0 spiro atoms. The number of likely N-dealkylation sites (N-methyl/N-ethyl adjacent to an activating group) is 1. The first kappa shape index (κ1) is 16.2. The molecule has 1 aromatic carbocycles. The summed E-state index contributed by atoms with van der Waals surface area (Å²) in [5.74, 6) is -0.0298. The molecular formula is C17H24N2O. The number of amides is 1. The lowest BCUT2D eigenvalue weighted by molar-refractivity contribution is -0.132. The SMILES string of the molecule is CCCCc1ccc(CC(=O)N(C)C(C)(C)C#N)cc1. The van der Waals surface area contributed by atoms with Gasteiger partial charge in [0.25, 0.3) is 0 Å². The Kier molecular flexibility index (Phi) is 5.76. The number of rotatable bonds is 6. The van der Waals surface area contributed by atoms with E-state index >= 15 is 0 Å². The van der Waals surface area contributed by atoms with E-state index in [0.717, 1.165) is 12.0 Å². The van der Waals surface area contributed by atoms with Gasteiger partial charge in [0.15, 0.2) is 0 Å². The largest absolute Gasteiger partial charge is 0.327 e. The zero-order valence-electron chi connectivity index (χ0n) is 12.9. The molecule has 0 fully saturated rings. The third-order valence-corrected chi connectivity index (χ3v) is 3.68. The highest BCUT2D eigenvalue weighted by Gasteiger charge is 2.26. The maximum atomic E-state index is 12.1. The van der Waals surface area contributed by atoms with Crippen LogP contribution in [0.2, 0.25) is 0 Å². The van der Waals surface area contributed by atoms with E-state index in [1.54, 1.807) is 20.9 Å². The fourth-order valence-electron chi connectivity index (χ4n) is 1.88. The van der Waals surface area contributed by atoms with Crippen LogP contribution < -0.4 is 0 Å². The van der Waals surface area contributed by atoms with E-state index in [1.807, 2.05) is 12.1 Å². The number of carbonyl (C=O) groups excluding carboxylic acids is 1. The number of nitrogens with zero attached hydrogens (tertiary/aromatic N) is 2. The van der Waals surface area contributed by atoms with Crippen LogP contribution in [0.5, 0.6) is 0 Å². The molecule has 0 aliphatic carbocycles. The molecule has 3 nitrogen and oxygen atoms in total. The number of aryl methyl sites for hydroxylation is 1. The van der Waals surface area contributed by atoms with Gasteiger partial charge in [0.2, 0.25) is 5.91 Å². The third kappa shape index (κ3) is 4.38. The molecule has 1 rings (SSSR count). The molecule has 0 radical (unpaired) electrons. The molecule has 1 amide bonds. The average molecular weight is 272 g/mol. The van der Waals surface area contributed by atoms with Crippen LogP contribution in [0.25, 0.3) is 0 Å². The molecule has 0 saturated heterocycles. The monoisotopic (exact) mass is 272 g/mol. The summed E-state index contributed by atoms with van der Waals surface area (Å²) >= 11 is 0. The topological polar surface area (TPSA) is 44.1 Å². The van der Waals surface area contributed by atoms with Crippen molar-refractivity contribution < 1.29 is 4.79 Å². The van der Waals surface area contributed by atoms with Gasteiger partial charge in [0.1, 0.15) is 5.54 Å². The maximum Gasteiger partial charge on any atom is 0.227 e. The second kappa shape index (κ2) is 7.09. The van der Waals surface area contributed by atoms with Crippen LogP contribution in [0, 0.1) is 11.3 Å². The Morgan fingerprint density at radius 3 is 2.30 bits per heavy atom. The van der Waals surface area contributed by atoms with Crippen molar-refractivity contribution in [3.05, 3.63) is 35.4 Å². The van der Waals surface area contributed by atoms with Gasteiger partial charge in [-0.15, -0.1) is 0 Å². The number of nitriles is 1. The Labute approximate surface area is 122 Å². The number of hydrogen-bond donors (Lipinski definition) is 0. The first-order chi connectivity index (χ1) is 9.40. The van der Waals surface area contributed by atoms with Crippen LogP contribution in [0.15, 0.2) is 24.3 Å². The summed E-state index contributed by atoms with van der Waals surface area (Å²) in [4.78, 5) is 13.7. The maximum absolute atomic E-state index is 12.1. The van der Waals surface area contributed by atoms with Gasteiger partial charge in [-0.25, -0.2) is 0 Å². The van der Waals surface area contributed by atoms with Crippen molar-refractivity contribution in [1.82, 2.24) is 4.90 Å². The zero-order chi connectivity index (χ0) is 15.2. The molecule has 0 aliphatic rings. The third-order valence-electron chi connectivity index (χ3n) is 3.68. The van der Waals surface area contributed by atoms with Crippen molar-refractivity contribution in [2.75, 3.05) is 7.05 Å². The van der Waals surface area contributed by atoms with Gasteiger partial charge in [-0.2, -0.15) is 5.26 Å². The molecule has 0 N–H and O–H groups in total. The van der Waals surface area contributed by atoms with Crippen LogP contribution in [0.1, 0.15) is 44.7 Å². The first-order valence-electron chi connectivity index (χ1n) is 7.16. The Balaban J connectivity index is 2.65. The smallest absolute Gasteiger partial charge is 0.227 e. The number of carbonyl (C=O) groups is 1. The van der Waals surface area contributed by atoms with Crippen molar-refractivity contribution >= 4 is 5.91 Å². The van der Waals surface area contributed by atoms with E-state index in [9.17, 15) is 4.79 Å². The molecule has 3 heteroatoms. The molecule has 0 bridgehead atoms. The lowest BCUT2D eigenvalue weighted by atomic mass is 10.0. The van der Waals surface area contributed by atoms with Crippen molar-refractivity contribution in [1.29, 1.82) is 5.26 Å². The molecule has 0 heterocycles. The van der Waals surface area contributed by atoms with Gasteiger partial charge in [-0.3, -0.25) is 4.79 Å². The summed E-state index contributed by atoms with van der Waals surface area (Å²) < 4.78 is 0. The summed E-state index contributed by atoms with van der Waals surface area (Å²) in [6.07, 6.45) is 3.81. The van der Waals surface area contributed by atoms with E-state index in [-0.39, 0.29) is 5.91 Å². The fraction of sp³-hybridized carbons (Fsp3) is 0.529. The predicted octanol–water partition coefficient (Wildman–Crippen LogP) is 3.33. The number of hydrogen-bond acceptors (Lipinski definition) is 2. The van der Waals surface area contributed by atoms with E-state index in [1.165, 1.54) is 23.3 Å². The normalized spacial score (nSPS) is 10.9. The summed E-state index contributed by atoms with van der Waals surface area (Å²) in [6.45, 7) is 5.68. The predicted molar refractivity (Wildman–Crippen MR) is 81.2 cm³/mol. The quantitative estimate of drug-likeness (QED) is 0.797. The number of benzene rings is 1. The van der Waals surface area contributed by atoms with Gasteiger partial charge in [-0.1, -0.05) is 37.6 Å². The van der Waals surface area contributed by atoms with Crippen LogP contribution in [0.3, 0.4) is 0 Å². The Morgan fingerprint density at radius 2 is 1.80 bits per heavy atom. The van der Waals surface area contributed by atoms with Gasteiger partial charge in [0, 0.05) is 7.05 Å². The van der Waals surface area contributed by atoms with Gasteiger partial charge < -0.3 is 4.90 Å². The molecule has 108 valence electrons. The lowest BCUT2D eigenvalue weighted by Gasteiger charge is -2.29. The molecule has 0 unspecified atom stereocenters. The average Bonchev–Trinajstić information content (AvgIpc) is 2.45. The van der Waals surface area contributed by atoms with E-state index in [4.69, 9.17) is 5.26 Å². The highest BCUT2D eigenvalue weighted by Crippen LogP contribution is 2.14. The van der Waals surface area contributed by atoms with Crippen molar-refractivity contribution in [2.45, 2.75) is 52.0 Å². The minimum absolute atomic E-state index is 0.0298. The molecule has 0 saturated carbocycles. The van der Waals surface area contributed by atoms with Gasteiger partial charge >= 0.3 is 0 Å². The standard InChI is InChI=1S/C17H24N2O/c1-5-6-7-14-8-10-15(11-9-14)12-16(20)19(4)17(2,3)13-18/h8-11H,5-7,12H2,1-4H3. The molecule has 0 atom stereocenters.